The number of carbonyl (C=O) groups excluding carboxylic acids is 2. The van der Waals surface area contributed by atoms with Crippen molar-refractivity contribution in [3.8, 4) is 11.8 Å². The van der Waals surface area contributed by atoms with Crippen LogP contribution in [0.25, 0.3) is 10.9 Å². The summed E-state index contributed by atoms with van der Waals surface area (Å²) in [5.74, 6) is 5.56. The molecule has 0 saturated carbocycles. The highest BCUT2D eigenvalue weighted by molar-refractivity contribution is 6.32. The van der Waals surface area contributed by atoms with Crippen LogP contribution in [0.2, 0.25) is 5.02 Å². The van der Waals surface area contributed by atoms with Gasteiger partial charge in [-0.25, -0.2) is 4.68 Å². The van der Waals surface area contributed by atoms with Gasteiger partial charge in [-0.1, -0.05) is 24.1 Å². The third-order valence-corrected chi connectivity index (χ3v) is 7.35. The van der Waals surface area contributed by atoms with E-state index in [1.807, 2.05) is 6.07 Å². The molecule has 2 aromatic heterocycles. The molecule has 2 aliphatic heterocycles. The fourth-order valence-electron chi connectivity index (χ4n) is 5.24. The molecular weight excluding hydrogens is 522 g/mol. The molecule has 0 aliphatic carbocycles. The fourth-order valence-corrected chi connectivity index (χ4v) is 5.45. The monoisotopic (exact) mass is 549 g/mol. The summed E-state index contributed by atoms with van der Waals surface area (Å²) < 4.78 is 12.5. The van der Waals surface area contributed by atoms with Crippen LogP contribution in [0.1, 0.15) is 45.3 Å². The van der Waals surface area contributed by atoms with Gasteiger partial charge in [0.05, 0.1) is 48.1 Å². The predicted molar refractivity (Wildman–Crippen MR) is 145 cm³/mol. The van der Waals surface area contributed by atoms with E-state index in [9.17, 15) is 9.59 Å². The summed E-state index contributed by atoms with van der Waals surface area (Å²) in [6, 6.07) is 3.21. The number of carbonyl (C=O) groups is 2. The lowest BCUT2D eigenvalue weighted by molar-refractivity contribution is -0.127. The number of benzene rings is 1. The maximum absolute atomic E-state index is 12.5. The first-order chi connectivity index (χ1) is 18.9. The minimum atomic E-state index is -0.676. The summed E-state index contributed by atoms with van der Waals surface area (Å²) in [6.45, 7) is 5.37. The Bertz CT molecular complexity index is 1540. The number of methoxy groups -OCH3 is 1. The van der Waals surface area contributed by atoms with Crippen LogP contribution in [0.15, 0.2) is 24.8 Å². The lowest BCUT2D eigenvalue weighted by Gasteiger charge is -2.22. The van der Waals surface area contributed by atoms with Crippen molar-refractivity contribution < 1.29 is 19.1 Å². The van der Waals surface area contributed by atoms with Crippen LogP contribution in [0.5, 0.6) is 0 Å². The second-order valence-corrected chi connectivity index (χ2v) is 9.76. The van der Waals surface area contributed by atoms with Gasteiger partial charge in [0, 0.05) is 31.7 Å². The first-order valence-electron chi connectivity index (χ1n) is 12.5. The highest BCUT2D eigenvalue weighted by Gasteiger charge is 2.37. The molecule has 202 valence electrons. The Morgan fingerprint density at radius 3 is 2.90 bits per heavy atom. The minimum Gasteiger partial charge on any atom is -0.383 e. The van der Waals surface area contributed by atoms with E-state index < -0.39 is 5.91 Å². The third kappa shape index (κ3) is 4.94. The summed E-state index contributed by atoms with van der Waals surface area (Å²) in [5, 5.41) is 17.7. The molecule has 3 N–H and O–H groups in total. The van der Waals surface area contributed by atoms with E-state index in [1.165, 1.54) is 6.08 Å². The number of ether oxygens (including phenoxy) is 2. The van der Waals surface area contributed by atoms with Crippen molar-refractivity contribution >= 4 is 40.1 Å². The lowest BCUT2D eigenvalue weighted by atomic mass is 10.0. The van der Waals surface area contributed by atoms with Crippen LogP contribution < -0.4 is 11.1 Å². The van der Waals surface area contributed by atoms with Crippen molar-refractivity contribution in [2.24, 2.45) is 5.73 Å². The molecule has 2 amide bonds. The molecule has 39 heavy (non-hydrogen) atoms. The molecule has 0 radical (unpaired) electrons. The number of rotatable bonds is 6. The number of hydrogen-bond donors (Lipinski definition) is 2. The Morgan fingerprint density at radius 1 is 1.36 bits per heavy atom. The highest BCUT2D eigenvalue weighted by atomic mass is 35.5. The zero-order valence-corrected chi connectivity index (χ0v) is 22.4. The lowest BCUT2D eigenvalue weighted by Crippen LogP contribution is -2.37. The molecule has 2 aliphatic rings. The average Bonchev–Trinajstić information content (AvgIpc) is 3.53. The number of halogens is 1. The van der Waals surface area contributed by atoms with Gasteiger partial charge in [0.15, 0.2) is 5.69 Å². The molecule has 0 bridgehead atoms. The van der Waals surface area contributed by atoms with Crippen molar-refractivity contribution in [3.63, 3.8) is 0 Å². The van der Waals surface area contributed by atoms with Crippen molar-refractivity contribution in [1.29, 1.82) is 0 Å². The highest BCUT2D eigenvalue weighted by Crippen LogP contribution is 2.33. The molecular formula is C27H28ClN7O4. The van der Waals surface area contributed by atoms with Crippen LogP contribution in [0.4, 0.5) is 5.82 Å². The van der Waals surface area contributed by atoms with E-state index in [2.05, 4.69) is 39.0 Å². The van der Waals surface area contributed by atoms with Crippen LogP contribution in [-0.4, -0.2) is 76.6 Å². The van der Waals surface area contributed by atoms with Crippen LogP contribution in [-0.2, 0) is 27.3 Å². The molecule has 4 heterocycles. The Balaban J connectivity index is 1.53. The van der Waals surface area contributed by atoms with E-state index in [-0.39, 0.29) is 29.2 Å². The summed E-state index contributed by atoms with van der Waals surface area (Å²) in [6.07, 6.45) is 2.58. The topological polar surface area (TPSA) is 137 Å². The zero-order valence-electron chi connectivity index (χ0n) is 21.7. The summed E-state index contributed by atoms with van der Waals surface area (Å²) in [5.41, 5.74) is 9.20. The number of nitrogens with zero attached hydrogens (tertiary/aromatic N) is 5. The quantitative estimate of drug-likeness (QED) is 0.352. The van der Waals surface area contributed by atoms with Gasteiger partial charge in [-0.3, -0.25) is 9.59 Å². The number of hydrogen-bond acceptors (Lipinski definition) is 8. The molecule has 12 heteroatoms. The number of nitrogens with one attached hydrogen (secondary N) is 1. The Labute approximate surface area is 230 Å². The third-order valence-electron chi connectivity index (χ3n) is 7.04. The Kier molecular flexibility index (Phi) is 7.52. The first kappa shape index (κ1) is 26.6. The van der Waals surface area contributed by atoms with E-state index in [0.29, 0.717) is 54.7 Å². The van der Waals surface area contributed by atoms with Crippen LogP contribution in [0, 0.1) is 11.8 Å². The molecule has 3 aromatic rings. The van der Waals surface area contributed by atoms with Crippen molar-refractivity contribution in [1.82, 2.24) is 24.9 Å². The number of aromatic nitrogens is 4. The van der Waals surface area contributed by atoms with Crippen molar-refractivity contribution in [2.75, 3.05) is 39.2 Å². The van der Waals surface area contributed by atoms with E-state index in [4.69, 9.17) is 26.8 Å². The van der Waals surface area contributed by atoms with Crippen LogP contribution >= 0.6 is 11.6 Å². The minimum absolute atomic E-state index is 0.160. The van der Waals surface area contributed by atoms with Gasteiger partial charge in [-0.05, 0) is 42.5 Å². The molecule has 2 atom stereocenters. The van der Waals surface area contributed by atoms with Gasteiger partial charge in [0.25, 0.3) is 5.91 Å². The zero-order chi connectivity index (χ0) is 27.7. The first-order valence-corrected chi connectivity index (χ1v) is 12.8. The van der Waals surface area contributed by atoms with Gasteiger partial charge < -0.3 is 25.4 Å². The van der Waals surface area contributed by atoms with Gasteiger partial charge in [0.2, 0.25) is 5.91 Å². The van der Waals surface area contributed by atoms with Gasteiger partial charge in [-0.15, -0.1) is 0 Å². The predicted octanol–water partition coefficient (Wildman–Crippen LogP) is 2.07. The molecule has 11 nitrogen and oxygen atoms in total. The normalized spacial score (nSPS) is 18.4. The molecule has 0 spiro atoms. The van der Waals surface area contributed by atoms with Crippen molar-refractivity contribution in [2.45, 2.75) is 31.5 Å². The molecule has 5 rings (SSSR count). The smallest absolute Gasteiger partial charge is 0.255 e. The number of amides is 2. The second kappa shape index (κ2) is 11.0. The summed E-state index contributed by atoms with van der Waals surface area (Å²) in [7, 11) is 3.26. The second-order valence-electron chi connectivity index (χ2n) is 9.35. The number of primary amides is 1. The SMILES string of the molecule is C=CC(=O)N1C[C@@H](n2nc(C#Cc3cc4nnc5c(c4cc3Cl)CCOC5)c(C(N)=O)c2NC)C[C@@H]1COC. The largest absolute Gasteiger partial charge is 0.383 e. The van der Waals surface area contributed by atoms with Gasteiger partial charge >= 0.3 is 0 Å². The maximum atomic E-state index is 12.5. The van der Waals surface area contributed by atoms with Crippen LogP contribution in [0.3, 0.4) is 0 Å². The fraction of sp³-hybridized carbons (Fsp3) is 0.370. The number of nitrogens with two attached hydrogens (primary N) is 1. The summed E-state index contributed by atoms with van der Waals surface area (Å²) in [4.78, 5) is 26.7. The number of likely N-dealkylation sites (tertiary alicyclic amines) is 1. The molecule has 1 fully saturated rings. The molecule has 1 saturated heterocycles. The molecule has 1 aromatic carbocycles. The summed E-state index contributed by atoms with van der Waals surface area (Å²) >= 11 is 6.62. The van der Waals surface area contributed by atoms with E-state index in [1.54, 1.807) is 29.8 Å². The number of fused-ring (bicyclic) bond motifs is 3. The Hall–Kier alpha value is -3.98. The maximum Gasteiger partial charge on any atom is 0.255 e. The van der Waals surface area contributed by atoms with Gasteiger partial charge in [0.1, 0.15) is 11.4 Å². The Morgan fingerprint density at radius 2 is 2.18 bits per heavy atom. The van der Waals surface area contributed by atoms with E-state index in [0.717, 1.165) is 23.1 Å². The van der Waals surface area contributed by atoms with Gasteiger partial charge in [-0.2, -0.15) is 15.3 Å². The van der Waals surface area contributed by atoms with Crippen molar-refractivity contribution in [3.05, 3.63) is 57.9 Å². The number of anilines is 1. The molecule has 0 unspecified atom stereocenters. The van der Waals surface area contributed by atoms with E-state index >= 15 is 0 Å². The standard InChI is InChI=1S/C27H28ClN7O4/c1-4-24(36)34-12-16(10-17(34)13-38-3)35-27(30-2)25(26(29)37)21(33-35)6-5-15-9-22-19(11-20(15)28)18-7-8-39-14-23(18)32-31-22/h4,9,11,16-17,30H,1,7-8,10,12-14H2,2-3H3,(H2,29,37)/t16-,17+/m0/s1. The average molecular weight is 550 g/mol.